The predicted molar refractivity (Wildman–Crippen MR) is 135 cm³/mol. The monoisotopic (exact) mass is 511 g/mol. The van der Waals surface area contributed by atoms with Crippen molar-refractivity contribution in [2.24, 2.45) is 0 Å². The quantitative estimate of drug-likeness (QED) is 0.325. The van der Waals surface area contributed by atoms with E-state index in [1.54, 1.807) is 55.5 Å². The van der Waals surface area contributed by atoms with E-state index < -0.39 is 23.9 Å². The molecule has 1 amide bonds. The lowest BCUT2D eigenvalue weighted by molar-refractivity contribution is -0.118. The minimum absolute atomic E-state index is 0.141. The normalized spacial score (nSPS) is 10.7. The van der Waals surface area contributed by atoms with Crippen LogP contribution in [0.1, 0.15) is 15.9 Å². The number of carbonyl (C=O) groups excluding carboxylic acids is 2. The van der Waals surface area contributed by atoms with Crippen molar-refractivity contribution in [1.29, 1.82) is 0 Å². The highest BCUT2D eigenvalue weighted by molar-refractivity contribution is 6.32. The molecule has 1 N–H and O–H groups in total. The maximum Gasteiger partial charge on any atom is 0.337 e. The van der Waals surface area contributed by atoms with E-state index in [-0.39, 0.29) is 22.5 Å². The van der Waals surface area contributed by atoms with Crippen LogP contribution in [0.5, 0.6) is 5.75 Å². The Balaban J connectivity index is 1.66. The molecule has 1 aromatic heterocycles. The Kier molecular flexibility index (Phi) is 7.10. The van der Waals surface area contributed by atoms with Crippen LogP contribution < -0.4 is 15.5 Å². The van der Waals surface area contributed by atoms with E-state index in [4.69, 9.17) is 32.4 Å². The highest BCUT2D eigenvalue weighted by Gasteiger charge is 2.20. The van der Waals surface area contributed by atoms with Gasteiger partial charge in [0.25, 0.3) is 5.91 Å². The van der Waals surface area contributed by atoms with Crippen molar-refractivity contribution in [1.82, 2.24) is 0 Å². The highest BCUT2D eigenvalue weighted by Crippen LogP contribution is 2.33. The number of ether oxygens (including phenoxy) is 2. The maximum absolute atomic E-state index is 13.3. The number of anilines is 1. The molecule has 3 aromatic carbocycles. The van der Waals surface area contributed by atoms with Gasteiger partial charge in [-0.25, -0.2) is 4.79 Å². The smallest absolute Gasteiger partial charge is 0.337 e. The van der Waals surface area contributed by atoms with Crippen LogP contribution in [-0.2, 0) is 9.53 Å². The fourth-order valence-electron chi connectivity index (χ4n) is 3.40. The second-order valence-corrected chi connectivity index (χ2v) is 8.45. The zero-order chi connectivity index (χ0) is 25.1. The van der Waals surface area contributed by atoms with E-state index >= 15 is 0 Å². The number of carbonyl (C=O) groups is 2. The van der Waals surface area contributed by atoms with Gasteiger partial charge in [-0.15, -0.1) is 0 Å². The number of benzene rings is 3. The van der Waals surface area contributed by atoms with Gasteiger partial charge in [-0.1, -0.05) is 29.3 Å². The van der Waals surface area contributed by atoms with Gasteiger partial charge in [-0.2, -0.15) is 0 Å². The van der Waals surface area contributed by atoms with Crippen molar-refractivity contribution in [3.8, 4) is 17.1 Å². The minimum atomic E-state index is -0.546. The number of esters is 1. The number of methoxy groups -OCH3 is 1. The summed E-state index contributed by atoms with van der Waals surface area (Å²) in [7, 11) is 1.27. The third-order valence-electron chi connectivity index (χ3n) is 5.15. The molecule has 1 heterocycles. The van der Waals surface area contributed by atoms with E-state index in [0.29, 0.717) is 26.9 Å². The van der Waals surface area contributed by atoms with Gasteiger partial charge in [-0.3, -0.25) is 9.59 Å². The van der Waals surface area contributed by atoms with Crippen molar-refractivity contribution in [2.75, 3.05) is 19.0 Å². The van der Waals surface area contributed by atoms with Crippen molar-refractivity contribution in [3.63, 3.8) is 0 Å². The lowest BCUT2D eigenvalue weighted by Gasteiger charge is -2.13. The molecule has 178 valence electrons. The standard InChI is InChI=1S/C26H19Cl2NO6/c1-14-10-21-19(12-20(14)28)23(31)25(24(35-21)15-6-8-17(27)9-7-15)34-13-22(30)29-18-5-3-4-16(11-18)26(32)33-2/h3-12H,13H2,1-2H3,(H,29,30). The number of fused-ring (bicyclic) bond motifs is 1. The zero-order valence-electron chi connectivity index (χ0n) is 18.7. The summed E-state index contributed by atoms with van der Waals surface area (Å²) in [4.78, 5) is 37.6. The molecule has 9 heteroatoms. The second-order valence-electron chi connectivity index (χ2n) is 7.60. The fraction of sp³-hybridized carbons (Fsp3) is 0.115. The van der Waals surface area contributed by atoms with Crippen molar-refractivity contribution in [2.45, 2.75) is 6.92 Å². The molecule has 0 radical (unpaired) electrons. The van der Waals surface area contributed by atoms with E-state index in [1.165, 1.54) is 19.2 Å². The summed E-state index contributed by atoms with van der Waals surface area (Å²) in [5.41, 5.74) is 1.79. The van der Waals surface area contributed by atoms with Gasteiger partial charge in [0.05, 0.1) is 18.1 Å². The summed E-state index contributed by atoms with van der Waals surface area (Å²) in [5.74, 6) is -1.07. The molecule has 0 bridgehead atoms. The largest absolute Gasteiger partial charge is 0.476 e. The fourth-order valence-corrected chi connectivity index (χ4v) is 3.69. The van der Waals surface area contributed by atoms with Gasteiger partial charge in [0.15, 0.2) is 12.4 Å². The van der Waals surface area contributed by atoms with Crippen LogP contribution in [0.25, 0.3) is 22.3 Å². The van der Waals surface area contributed by atoms with Crippen LogP contribution in [0.4, 0.5) is 5.69 Å². The van der Waals surface area contributed by atoms with Gasteiger partial charge in [0, 0.05) is 21.3 Å². The van der Waals surface area contributed by atoms with Crippen molar-refractivity contribution >= 4 is 51.7 Å². The van der Waals surface area contributed by atoms with Gasteiger partial charge in [-0.05, 0) is 67.1 Å². The lowest BCUT2D eigenvalue weighted by atomic mass is 10.1. The molecule has 7 nitrogen and oxygen atoms in total. The molecule has 35 heavy (non-hydrogen) atoms. The number of aryl methyl sites for hydroxylation is 1. The van der Waals surface area contributed by atoms with Crippen LogP contribution in [0.15, 0.2) is 69.9 Å². The number of hydrogen-bond acceptors (Lipinski definition) is 6. The Morgan fingerprint density at radius 2 is 1.77 bits per heavy atom. The number of amides is 1. The SMILES string of the molecule is COC(=O)c1cccc(NC(=O)COc2c(-c3ccc(Cl)cc3)oc3cc(C)c(Cl)cc3c2=O)c1. The Morgan fingerprint density at radius 1 is 1.03 bits per heavy atom. The summed E-state index contributed by atoms with van der Waals surface area (Å²) in [6, 6.07) is 16.1. The zero-order valence-corrected chi connectivity index (χ0v) is 20.2. The highest BCUT2D eigenvalue weighted by atomic mass is 35.5. The summed E-state index contributed by atoms with van der Waals surface area (Å²) in [5, 5.41) is 3.76. The van der Waals surface area contributed by atoms with E-state index in [2.05, 4.69) is 10.1 Å². The number of hydrogen-bond donors (Lipinski definition) is 1. The molecule has 0 aliphatic heterocycles. The third-order valence-corrected chi connectivity index (χ3v) is 5.81. The molecule has 0 aliphatic rings. The molecule has 0 fully saturated rings. The lowest BCUT2D eigenvalue weighted by Crippen LogP contribution is -2.23. The summed E-state index contributed by atoms with van der Waals surface area (Å²) >= 11 is 12.2. The summed E-state index contributed by atoms with van der Waals surface area (Å²) in [6.07, 6.45) is 0. The Bertz CT molecular complexity index is 1490. The molecule has 0 spiro atoms. The van der Waals surface area contributed by atoms with E-state index in [9.17, 15) is 14.4 Å². The number of nitrogens with one attached hydrogen (secondary N) is 1. The first-order chi connectivity index (χ1) is 16.8. The van der Waals surface area contributed by atoms with Crippen LogP contribution in [-0.4, -0.2) is 25.6 Å². The van der Waals surface area contributed by atoms with Gasteiger partial charge in [0.2, 0.25) is 11.2 Å². The molecule has 0 unspecified atom stereocenters. The number of rotatable bonds is 6. The molecule has 0 saturated carbocycles. The third kappa shape index (κ3) is 5.31. The van der Waals surface area contributed by atoms with Crippen LogP contribution in [0, 0.1) is 6.92 Å². The van der Waals surface area contributed by atoms with E-state index in [1.807, 2.05) is 0 Å². The Morgan fingerprint density at radius 3 is 2.49 bits per heavy atom. The topological polar surface area (TPSA) is 94.8 Å². The van der Waals surface area contributed by atoms with Gasteiger partial charge < -0.3 is 19.2 Å². The van der Waals surface area contributed by atoms with E-state index in [0.717, 1.165) is 5.56 Å². The molecule has 0 atom stereocenters. The van der Waals surface area contributed by atoms with Gasteiger partial charge >= 0.3 is 5.97 Å². The average molecular weight is 512 g/mol. The average Bonchev–Trinajstić information content (AvgIpc) is 2.85. The second kappa shape index (κ2) is 10.2. The van der Waals surface area contributed by atoms with Crippen LogP contribution in [0.2, 0.25) is 10.0 Å². The van der Waals surface area contributed by atoms with Crippen molar-refractivity contribution < 1.29 is 23.5 Å². The van der Waals surface area contributed by atoms with Crippen LogP contribution >= 0.6 is 23.2 Å². The Labute approximate surface area is 210 Å². The van der Waals surface area contributed by atoms with Crippen LogP contribution in [0.3, 0.4) is 0 Å². The summed E-state index contributed by atoms with van der Waals surface area (Å²) < 4.78 is 16.4. The first kappa shape index (κ1) is 24.3. The summed E-state index contributed by atoms with van der Waals surface area (Å²) in [6.45, 7) is 1.31. The van der Waals surface area contributed by atoms with Gasteiger partial charge in [0.1, 0.15) is 5.58 Å². The number of halogens is 2. The molecule has 4 rings (SSSR count). The molecular weight excluding hydrogens is 493 g/mol. The molecule has 0 saturated heterocycles. The Hall–Kier alpha value is -3.81. The molecule has 0 aliphatic carbocycles. The molecule has 4 aromatic rings. The van der Waals surface area contributed by atoms with Crippen molar-refractivity contribution in [3.05, 3.63) is 92.1 Å². The minimum Gasteiger partial charge on any atom is -0.476 e. The maximum atomic E-state index is 13.3. The predicted octanol–water partition coefficient (Wildman–Crippen LogP) is 5.88. The molecular formula is C26H19Cl2NO6. The first-order valence-electron chi connectivity index (χ1n) is 10.4. The first-order valence-corrected chi connectivity index (χ1v) is 11.2.